The van der Waals surface area contributed by atoms with Crippen LogP contribution < -0.4 is 0 Å². The first-order valence-electron chi connectivity index (χ1n) is 7.48. The third-order valence-electron chi connectivity index (χ3n) is 4.22. The van der Waals surface area contributed by atoms with Crippen LogP contribution in [0.1, 0.15) is 36.7 Å². The largest absolute Gasteiger partial charge is 0.260 e. The summed E-state index contributed by atoms with van der Waals surface area (Å²) in [6.07, 6.45) is 9.60. The molecule has 5 nitrogen and oxygen atoms in total. The molecule has 0 bridgehead atoms. The van der Waals surface area contributed by atoms with E-state index in [1.807, 2.05) is 36.3 Å². The lowest BCUT2D eigenvalue weighted by molar-refractivity contribution is 0.411. The van der Waals surface area contributed by atoms with E-state index >= 15 is 0 Å². The number of nitrogens with zero attached hydrogens (tertiary/aromatic N) is 5. The molecule has 0 radical (unpaired) electrons. The first-order chi connectivity index (χ1) is 10.7. The summed E-state index contributed by atoms with van der Waals surface area (Å²) in [7, 11) is 0. The van der Waals surface area contributed by atoms with Gasteiger partial charge in [0, 0.05) is 29.3 Å². The fourth-order valence-electron chi connectivity index (χ4n) is 2.78. The molecule has 0 unspecified atom stereocenters. The van der Waals surface area contributed by atoms with Crippen LogP contribution in [-0.4, -0.2) is 31.0 Å². The van der Waals surface area contributed by atoms with Gasteiger partial charge in [0.1, 0.15) is 10.9 Å². The molecule has 0 saturated heterocycles. The number of rotatable bonds is 3. The van der Waals surface area contributed by atoms with Gasteiger partial charge in [-0.2, -0.15) is 5.10 Å². The molecule has 112 valence electrons. The zero-order valence-corrected chi connectivity index (χ0v) is 13.5. The molecule has 4 rings (SSSR count). The summed E-state index contributed by atoms with van der Waals surface area (Å²) in [5.41, 5.74) is 2.25. The highest BCUT2D eigenvalue weighted by Crippen LogP contribution is 2.36. The summed E-state index contributed by atoms with van der Waals surface area (Å²) in [5.74, 6) is 2.19. The maximum absolute atomic E-state index is 4.60. The lowest BCUT2D eigenvalue weighted by Crippen LogP contribution is -2.10. The SMILES string of the molecule is CSc1cc(-n2ncc3cnc(C4CCC4)cc32)nc(C)n1. The predicted molar refractivity (Wildman–Crippen MR) is 87.6 cm³/mol. The molecule has 6 heteroatoms. The van der Waals surface area contributed by atoms with Crippen LogP contribution in [0.5, 0.6) is 0 Å². The van der Waals surface area contributed by atoms with Crippen molar-refractivity contribution in [2.24, 2.45) is 0 Å². The Kier molecular flexibility index (Phi) is 3.33. The van der Waals surface area contributed by atoms with Crippen LogP contribution in [0.25, 0.3) is 16.7 Å². The van der Waals surface area contributed by atoms with Crippen LogP contribution in [0, 0.1) is 6.92 Å². The number of fused-ring (bicyclic) bond motifs is 1. The Hall–Kier alpha value is -1.95. The molecule has 0 spiro atoms. The lowest BCUT2D eigenvalue weighted by atomic mass is 9.82. The van der Waals surface area contributed by atoms with E-state index in [-0.39, 0.29) is 0 Å². The van der Waals surface area contributed by atoms with Gasteiger partial charge in [0.15, 0.2) is 5.82 Å². The van der Waals surface area contributed by atoms with Crippen LogP contribution in [0.3, 0.4) is 0 Å². The van der Waals surface area contributed by atoms with Gasteiger partial charge in [-0.1, -0.05) is 6.42 Å². The average molecular weight is 311 g/mol. The number of hydrogen-bond donors (Lipinski definition) is 0. The third-order valence-corrected chi connectivity index (χ3v) is 4.85. The molecule has 0 amide bonds. The molecule has 0 N–H and O–H groups in total. The van der Waals surface area contributed by atoms with Crippen molar-refractivity contribution in [2.75, 3.05) is 6.26 Å². The Morgan fingerprint density at radius 2 is 2.05 bits per heavy atom. The summed E-state index contributed by atoms with van der Waals surface area (Å²) in [4.78, 5) is 13.5. The number of aryl methyl sites for hydroxylation is 1. The van der Waals surface area contributed by atoms with Gasteiger partial charge in [0.2, 0.25) is 0 Å². The minimum absolute atomic E-state index is 0.613. The molecule has 3 aromatic rings. The molecule has 22 heavy (non-hydrogen) atoms. The van der Waals surface area contributed by atoms with E-state index in [0.717, 1.165) is 27.6 Å². The Balaban J connectivity index is 1.85. The van der Waals surface area contributed by atoms with Gasteiger partial charge in [0.25, 0.3) is 0 Å². The molecule has 0 atom stereocenters. The monoisotopic (exact) mass is 311 g/mol. The zero-order chi connectivity index (χ0) is 15.1. The zero-order valence-electron chi connectivity index (χ0n) is 12.7. The van der Waals surface area contributed by atoms with Gasteiger partial charge in [0.05, 0.1) is 11.7 Å². The topological polar surface area (TPSA) is 56.5 Å². The molecule has 0 aliphatic heterocycles. The average Bonchev–Trinajstić information content (AvgIpc) is 2.88. The number of pyridine rings is 1. The van der Waals surface area contributed by atoms with Crippen molar-refractivity contribution in [3.63, 3.8) is 0 Å². The maximum atomic E-state index is 4.60. The van der Waals surface area contributed by atoms with Crippen molar-refractivity contribution < 1.29 is 0 Å². The van der Waals surface area contributed by atoms with Crippen LogP contribution in [-0.2, 0) is 0 Å². The van der Waals surface area contributed by atoms with Crippen molar-refractivity contribution in [1.29, 1.82) is 0 Å². The van der Waals surface area contributed by atoms with Crippen molar-refractivity contribution in [3.8, 4) is 5.82 Å². The van der Waals surface area contributed by atoms with Crippen molar-refractivity contribution in [2.45, 2.75) is 37.1 Å². The smallest absolute Gasteiger partial charge is 0.158 e. The van der Waals surface area contributed by atoms with Crippen LogP contribution in [0.15, 0.2) is 29.6 Å². The van der Waals surface area contributed by atoms with Crippen LogP contribution >= 0.6 is 11.8 Å². The van der Waals surface area contributed by atoms with Gasteiger partial charge in [-0.15, -0.1) is 11.8 Å². The maximum Gasteiger partial charge on any atom is 0.158 e. The summed E-state index contributed by atoms with van der Waals surface area (Å²) in [6, 6.07) is 4.15. The molecule has 3 aromatic heterocycles. The minimum Gasteiger partial charge on any atom is -0.260 e. The van der Waals surface area contributed by atoms with E-state index in [9.17, 15) is 0 Å². The summed E-state index contributed by atoms with van der Waals surface area (Å²) in [5, 5.41) is 6.51. The molecule has 3 heterocycles. The Morgan fingerprint density at radius 3 is 2.77 bits per heavy atom. The third kappa shape index (κ3) is 2.27. The van der Waals surface area contributed by atoms with Gasteiger partial charge < -0.3 is 0 Å². The van der Waals surface area contributed by atoms with Crippen molar-refractivity contribution >= 4 is 22.7 Å². The van der Waals surface area contributed by atoms with Crippen LogP contribution in [0.2, 0.25) is 0 Å². The summed E-state index contributed by atoms with van der Waals surface area (Å²) >= 11 is 1.62. The second kappa shape index (κ2) is 5.35. The predicted octanol–water partition coefficient (Wildman–Crippen LogP) is 3.51. The van der Waals surface area contributed by atoms with E-state index in [1.54, 1.807) is 11.8 Å². The van der Waals surface area contributed by atoms with Crippen molar-refractivity contribution in [1.82, 2.24) is 24.7 Å². The molecular formula is C16H17N5S. The first-order valence-corrected chi connectivity index (χ1v) is 8.71. The van der Waals surface area contributed by atoms with Gasteiger partial charge in [-0.3, -0.25) is 4.98 Å². The highest BCUT2D eigenvalue weighted by molar-refractivity contribution is 7.98. The fourth-order valence-corrected chi connectivity index (χ4v) is 3.23. The molecular weight excluding hydrogens is 294 g/mol. The summed E-state index contributed by atoms with van der Waals surface area (Å²) in [6.45, 7) is 1.91. The van der Waals surface area contributed by atoms with Gasteiger partial charge >= 0.3 is 0 Å². The molecule has 1 saturated carbocycles. The normalized spacial score (nSPS) is 15.2. The minimum atomic E-state index is 0.613. The highest BCUT2D eigenvalue weighted by atomic mass is 32.2. The number of hydrogen-bond acceptors (Lipinski definition) is 5. The van der Waals surface area contributed by atoms with Gasteiger partial charge in [-0.05, 0) is 32.1 Å². The Morgan fingerprint density at radius 1 is 1.18 bits per heavy atom. The fraction of sp³-hybridized carbons (Fsp3) is 0.375. The van der Waals surface area contributed by atoms with Gasteiger partial charge in [-0.25, -0.2) is 14.6 Å². The van der Waals surface area contributed by atoms with Crippen LogP contribution in [0.4, 0.5) is 0 Å². The van der Waals surface area contributed by atoms with E-state index in [1.165, 1.54) is 25.0 Å². The number of aromatic nitrogens is 5. The molecule has 1 aliphatic rings. The Bertz CT molecular complexity index is 838. The summed E-state index contributed by atoms with van der Waals surface area (Å²) < 4.78 is 1.90. The molecule has 1 fully saturated rings. The first kappa shape index (κ1) is 13.7. The molecule has 0 aromatic carbocycles. The standard InChI is InChI=1S/C16H17N5S/c1-10-19-15(7-16(20-10)22-2)21-14-6-13(11-4-3-5-11)17-8-12(14)9-18-21/h6-9,11H,3-5H2,1-2H3. The van der Waals surface area contributed by atoms with E-state index in [4.69, 9.17) is 0 Å². The number of thioether (sulfide) groups is 1. The van der Waals surface area contributed by atoms with E-state index in [0.29, 0.717) is 5.92 Å². The Labute approximate surface area is 133 Å². The highest BCUT2D eigenvalue weighted by Gasteiger charge is 2.21. The van der Waals surface area contributed by atoms with E-state index in [2.05, 4.69) is 26.1 Å². The van der Waals surface area contributed by atoms with Crippen molar-refractivity contribution in [3.05, 3.63) is 36.0 Å². The quantitative estimate of drug-likeness (QED) is 0.547. The second-order valence-corrected chi connectivity index (χ2v) is 6.49. The van der Waals surface area contributed by atoms with E-state index < -0.39 is 0 Å². The lowest BCUT2D eigenvalue weighted by Gasteiger charge is -2.24. The molecule has 1 aliphatic carbocycles. The second-order valence-electron chi connectivity index (χ2n) is 5.67.